The number of aromatic nitrogens is 1. The van der Waals surface area contributed by atoms with Crippen LogP contribution in [0.2, 0.25) is 0 Å². The Bertz CT molecular complexity index is 617. The minimum atomic E-state index is -1.05. The smallest absolute Gasteiger partial charge is 0.335 e. The number of carboxylic acid groups (broad SMARTS) is 1. The van der Waals surface area contributed by atoms with Gasteiger partial charge in [-0.15, -0.1) is 0 Å². The number of carboxylic acids is 1. The predicted molar refractivity (Wildman–Crippen MR) is 77.6 cm³/mol. The van der Waals surface area contributed by atoms with Gasteiger partial charge in [0.25, 0.3) is 0 Å². The largest absolute Gasteiger partial charge is 0.478 e. The Balaban J connectivity index is 1.97. The monoisotopic (exact) mass is 288 g/mol. The van der Waals surface area contributed by atoms with Gasteiger partial charge in [-0.05, 0) is 37.4 Å². The first-order chi connectivity index (χ1) is 10.1. The molecular weight excluding hydrogens is 271 g/mol. The van der Waals surface area contributed by atoms with Crippen LogP contribution >= 0.6 is 0 Å². The molecule has 1 heterocycles. The molecule has 1 aromatic heterocycles. The molecule has 0 amide bonds. The number of hydrogen-bond acceptors (Lipinski definition) is 3. The Hall–Kier alpha value is -2.27. The zero-order valence-electron chi connectivity index (χ0n) is 11.8. The summed E-state index contributed by atoms with van der Waals surface area (Å²) in [5.41, 5.74) is 1.46. The first-order valence-electron chi connectivity index (χ1n) is 6.66. The van der Waals surface area contributed by atoms with Crippen molar-refractivity contribution in [2.45, 2.75) is 13.0 Å². The lowest BCUT2D eigenvalue weighted by Gasteiger charge is -2.17. The fraction of sp³-hybridized carbons (Fsp3) is 0.250. The average Bonchev–Trinajstić information content (AvgIpc) is 2.48. The summed E-state index contributed by atoms with van der Waals surface area (Å²) in [6, 6.07) is 9.59. The Morgan fingerprint density at radius 3 is 2.81 bits per heavy atom. The van der Waals surface area contributed by atoms with Gasteiger partial charge in [0.05, 0.1) is 5.56 Å². The van der Waals surface area contributed by atoms with E-state index in [1.165, 1.54) is 18.2 Å². The molecule has 1 N–H and O–H groups in total. The van der Waals surface area contributed by atoms with E-state index < -0.39 is 5.97 Å². The van der Waals surface area contributed by atoms with Crippen LogP contribution in [-0.2, 0) is 13.0 Å². The van der Waals surface area contributed by atoms with E-state index in [9.17, 15) is 9.18 Å². The van der Waals surface area contributed by atoms with Gasteiger partial charge in [0, 0.05) is 37.0 Å². The molecular formula is C16H17FN2O2. The van der Waals surface area contributed by atoms with Crippen molar-refractivity contribution in [1.29, 1.82) is 0 Å². The van der Waals surface area contributed by atoms with E-state index in [0.717, 1.165) is 12.1 Å². The van der Waals surface area contributed by atoms with Crippen molar-refractivity contribution in [3.63, 3.8) is 0 Å². The third-order valence-corrected chi connectivity index (χ3v) is 3.21. The van der Waals surface area contributed by atoms with Crippen molar-refractivity contribution in [3.8, 4) is 0 Å². The fourth-order valence-electron chi connectivity index (χ4n) is 2.05. The van der Waals surface area contributed by atoms with Crippen molar-refractivity contribution >= 4 is 5.97 Å². The molecule has 1 aromatic carbocycles. The minimum absolute atomic E-state index is 0.101. The Morgan fingerprint density at radius 2 is 2.14 bits per heavy atom. The van der Waals surface area contributed by atoms with Crippen LogP contribution in [0.5, 0.6) is 0 Å². The quantitative estimate of drug-likeness (QED) is 0.887. The van der Waals surface area contributed by atoms with E-state index >= 15 is 0 Å². The molecule has 0 saturated carbocycles. The second-order valence-corrected chi connectivity index (χ2v) is 4.92. The number of pyridine rings is 1. The van der Waals surface area contributed by atoms with E-state index in [-0.39, 0.29) is 11.4 Å². The van der Waals surface area contributed by atoms with Crippen molar-refractivity contribution < 1.29 is 14.3 Å². The fourth-order valence-corrected chi connectivity index (χ4v) is 2.05. The molecule has 0 radical (unpaired) electrons. The van der Waals surface area contributed by atoms with Crippen LogP contribution in [0.15, 0.2) is 42.6 Å². The van der Waals surface area contributed by atoms with E-state index in [2.05, 4.69) is 4.98 Å². The normalized spacial score (nSPS) is 10.8. The van der Waals surface area contributed by atoms with Gasteiger partial charge in [0.1, 0.15) is 5.82 Å². The average molecular weight is 288 g/mol. The summed E-state index contributed by atoms with van der Waals surface area (Å²) in [6.07, 6.45) is 2.50. The molecule has 0 aliphatic heterocycles. The topological polar surface area (TPSA) is 53.4 Å². The summed E-state index contributed by atoms with van der Waals surface area (Å²) in [5.74, 6) is -1.43. The molecule has 5 heteroatoms. The third kappa shape index (κ3) is 4.36. The molecule has 0 bridgehead atoms. The van der Waals surface area contributed by atoms with Crippen LogP contribution < -0.4 is 0 Å². The summed E-state index contributed by atoms with van der Waals surface area (Å²) < 4.78 is 13.7. The Kier molecular flexibility index (Phi) is 5.00. The van der Waals surface area contributed by atoms with Crippen LogP contribution in [-0.4, -0.2) is 34.6 Å². The lowest BCUT2D eigenvalue weighted by Crippen LogP contribution is -2.22. The summed E-state index contributed by atoms with van der Waals surface area (Å²) in [4.78, 5) is 17.1. The summed E-state index contributed by atoms with van der Waals surface area (Å²) >= 11 is 0. The highest BCUT2D eigenvalue weighted by Crippen LogP contribution is 2.13. The second kappa shape index (κ2) is 6.95. The van der Waals surface area contributed by atoms with Gasteiger partial charge in [-0.2, -0.15) is 0 Å². The Morgan fingerprint density at radius 1 is 1.33 bits per heavy atom. The molecule has 110 valence electrons. The number of halogens is 1. The molecule has 0 aliphatic rings. The molecule has 2 rings (SSSR count). The molecule has 21 heavy (non-hydrogen) atoms. The van der Waals surface area contributed by atoms with E-state index in [1.807, 2.05) is 30.1 Å². The highest BCUT2D eigenvalue weighted by molar-refractivity contribution is 5.87. The number of aromatic carboxylic acids is 1. The van der Waals surface area contributed by atoms with E-state index in [0.29, 0.717) is 18.7 Å². The van der Waals surface area contributed by atoms with Gasteiger partial charge in [-0.25, -0.2) is 9.18 Å². The van der Waals surface area contributed by atoms with Crippen molar-refractivity contribution in [1.82, 2.24) is 9.88 Å². The van der Waals surface area contributed by atoms with Crippen molar-refractivity contribution in [3.05, 3.63) is 65.2 Å². The van der Waals surface area contributed by atoms with Gasteiger partial charge < -0.3 is 10.0 Å². The summed E-state index contributed by atoms with van der Waals surface area (Å²) in [7, 11) is 1.87. The molecule has 2 aromatic rings. The molecule has 0 unspecified atom stereocenters. The zero-order chi connectivity index (χ0) is 15.2. The molecule has 0 saturated heterocycles. The Labute approximate surface area is 122 Å². The van der Waals surface area contributed by atoms with Crippen LogP contribution in [0.1, 0.15) is 21.6 Å². The van der Waals surface area contributed by atoms with Gasteiger partial charge in [0.15, 0.2) is 0 Å². The van der Waals surface area contributed by atoms with Crippen LogP contribution in [0.4, 0.5) is 4.39 Å². The molecule has 0 aliphatic carbocycles. The van der Waals surface area contributed by atoms with E-state index in [4.69, 9.17) is 5.11 Å². The van der Waals surface area contributed by atoms with Gasteiger partial charge >= 0.3 is 5.97 Å². The highest BCUT2D eigenvalue weighted by atomic mass is 19.1. The lowest BCUT2D eigenvalue weighted by molar-refractivity contribution is 0.0696. The number of nitrogens with zero attached hydrogens (tertiary/aromatic N) is 2. The lowest BCUT2D eigenvalue weighted by atomic mass is 10.1. The van der Waals surface area contributed by atoms with Crippen molar-refractivity contribution in [2.24, 2.45) is 0 Å². The van der Waals surface area contributed by atoms with Gasteiger partial charge in [-0.3, -0.25) is 4.98 Å². The maximum atomic E-state index is 13.7. The van der Waals surface area contributed by atoms with Crippen LogP contribution in [0.25, 0.3) is 0 Å². The maximum absolute atomic E-state index is 13.7. The SMILES string of the molecule is CN(CCc1ccccn1)Cc1cc(C(=O)O)ccc1F. The van der Waals surface area contributed by atoms with Crippen LogP contribution in [0.3, 0.4) is 0 Å². The number of likely N-dealkylation sites (N-methyl/N-ethyl adjacent to an activating group) is 1. The van der Waals surface area contributed by atoms with Crippen molar-refractivity contribution in [2.75, 3.05) is 13.6 Å². The number of rotatable bonds is 6. The maximum Gasteiger partial charge on any atom is 0.335 e. The third-order valence-electron chi connectivity index (χ3n) is 3.21. The summed E-state index contributed by atoms with van der Waals surface area (Å²) in [5, 5.41) is 8.94. The number of carbonyl (C=O) groups is 1. The van der Waals surface area contributed by atoms with Gasteiger partial charge in [0.2, 0.25) is 0 Å². The van der Waals surface area contributed by atoms with Gasteiger partial charge in [-0.1, -0.05) is 6.07 Å². The molecule has 0 atom stereocenters. The molecule has 0 fully saturated rings. The molecule has 4 nitrogen and oxygen atoms in total. The zero-order valence-corrected chi connectivity index (χ0v) is 11.8. The summed E-state index contributed by atoms with van der Waals surface area (Å²) in [6.45, 7) is 1.08. The molecule has 0 spiro atoms. The predicted octanol–water partition coefficient (Wildman–Crippen LogP) is 2.59. The second-order valence-electron chi connectivity index (χ2n) is 4.92. The van der Waals surface area contributed by atoms with Crippen LogP contribution in [0, 0.1) is 5.82 Å². The standard InChI is InChI=1S/C16H17FN2O2/c1-19(9-7-14-4-2-3-8-18-14)11-13-10-12(16(20)21)5-6-15(13)17/h2-6,8,10H,7,9,11H2,1H3,(H,20,21). The highest BCUT2D eigenvalue weighted by Gasteiger charge is 2.10. The minimum Gasteiger partial charge on any atom is -0.478 e. The number of benzene rings is 1. The first kappa shape index (κ1) is 15.1. The van der Waals surface area contributed by atoms with E-state index in [1.54, 1.807) is 6.20 Å². The first-order valence-corrected chi connectivity index (χ1v) is 6.66. The number of hydrogen-bond donors (Lipinski definition) is 1.